The predicted molar refractivity (Wildman–Crippen MR) is 77.1 cm³/mol. The van der Waals surface area contributed by atoms with Crippen LogP contribution in [0.1, 0.15) is 11.8 Å². The molecule has 0 spiro atoms. The Morgan fingerprint density at radius 1 is 1.56 bits per heavy atom. The van der Waals surface area contributed by atoms with E-state index in [1.165, 1.54) is 4.88 Å². The van der Waals surface area contributed by atoms with Crippen LogP contribution in [0.15, 0.2) is 28.3 Å². The summed E-state index contributed by atoms with van der Waals surface area (Å²) in [6.07, 6.45) is 3.67. The molecule has 2 aromatic rings. The van der Waals surface area contributed by atoms with Crippen LogP contribution in [0.4, 0.5) is 0 Å². The molecule has 2 rings (SSSR count). The van der Waals surface area contributed by atoms with Crippen LogP contribution in [0.5, 0.6) is 5.75 Å². The fourth-order valence-electron chi connectivity index (χ4n) is 1.56. The Kier molecular flexibility index (Phi) is 5.22. The van der Waals surface area contributed by atoms with Crippen molar-refractivity contribution in [1.29, 1.82) is 0 Å². The van der Waals surface area contributed by atoms with E-state index in [0.29, 0.717) is 6.61 Å². The molecule has 98 valence electrons. The van der Waals surface area contributed by atoms with E-state index in [1.54, 1.807) is 17.5 Å². The van der Waals surface area contributed by atoms with Gasteiger partial charge in [-0.1, -0.05) is 0 Å². The molecular weight excluding hydrogens is 314 g/mol. The van der Waals surface area contributed by atoms with Crippen LogP contribution in [0, 0.1) is 0 Å². The molecule has 2 aromatic heterocycles. The van der Waals surface area contributed by atoms with E-state index < -0.39 is 0 Å². The standard InChI is InChI=1S/C12H16BrN3OS/c1-2-17-11-6-15-16(8-11)4-3-14-7-12-5-10(13)9-18-12/h5-6,8-9,14H,2-4,7H2,1H3. The van der Waals surface area contributed by atoms with E-state index in [0.717, 1.165) is 29.9 Å². The third kappa shape index (κ3) is 4.12. The van der Waals surface area contributed by atoms with Crippen molar-refractivity contribution in [3.8, 4) is 5.75 Å². The predicted octanol–water partition coefficient (Wildman–Crippen LogP) is 2.90. The second kappa shape index (κ2) is 6.92. The number of hydrogen-bond acceptors (Lipinski definition) is 4. The van der Waals surface area contributed by atoms with Crippen molar-refractivity contribution in [3.05, 3.63) is 33.2 Å². The van der Waals surface area contributed by atoms with Gasteiger partial charge in [-0.05, 0) is 28.9 Å². The van der Waals surface area contributed by atoms with Gasteiger partial charge in [0.1, 0.15) is 0 Å². The average Bonchev–Trinajstić information content (AvgIpc) is 2.95. The lowest BCUT2D eigenvalue weighted by atomic mass is 10.4. The van der Waals surface area contributed by atoms with Crippen LogP contribution < -0.4 is 10.1 Å². The number of aromatic nitrogens is 2. The Bertz CT molecular complexity index is 483. The number of rotatable bonds is 7. The summed E-state index contributed by atoms with van der Waals surface area (Å²) >= 11 is 5.20. The number of hydrogen-bond donors (Lipinski definition) is 1. The largest absolute Gasteiger partial charge is 0.491 e. The zero-order valence-corrected chi connectivity index (χ0v) is 12.6. The van der Waals surface area contributed by atoms with Crippen LogP contribution in [-0.4, -0.2) is 22.9 Å². The third-order valence-electron chi connectivity index (χ3n) is 2.36. The molecule has 2 heterocycles. The Morgan fingerprint density at radius 3 is 3.17 bits per heavy atom. The topological polar surface area (TPSA) is 39.1 Å². The van der Waals surface area contributed by atoms with E-state index in [4.69, 9.17) is 4.74 Å². The molecule has 0 amide bonds. The fourth-order valence-corrected chi connectivity index (χ4v) is 2.98. The fraction of sp³-hybridized carbons (Fsp3) is 0.417. The molecule has 0 radical (unpaired) electrons. The summed E-state index contributed by atoms with van der Waals surface area (Å²) in [6, 6.07) is 2.14. The monoisotopic (exact) mass is 329 g/mol. The van der Waals surface area contributed by atoms with E-state index in [1.807, 2.05) is 17.8 Å². The summed E-state index contributed by atoms with van der Waals surface area (Å²) in [7, 11) is 0. The molecule has 1 N–H and O–H groups in total. The van der Waals surface area contributed by atoms with Gasteiger partial charge in [0, 0.05) is 27.8 Å². The molecule has 0 fully saturated rings. The van der Waals surface area contributed by atoms with Crippen molar-refractivity contribution in [2.75, 3.05) is 13.2 Å². The maximum absolute atomic E-state index is 5.36. The maximum Gasteiger partial charge on any atom is 0.157 e. The van der Waals surface area contributed by atoms with Crippen molar-refractivity contribution in [3.63, 3.8) is 0 Å². The summed E-state index contributed by atoms with van der Waals surface area (Å²) in [6.45, 7) is 5.29. The summed E-state index contributed by atoms with van der Waals surface area (Å²) in [5, 5.41) is 9.72. The second-order valence-corrected chi connectivity index (χ2v) is 5.69. The van der Waals surface area contributed by atoms with Crippen molar-refractivity contribution < 1.29 is 4.74 Å². The minimum Gasteiger partial charge on any atom is -0.491 e. The summed E-state index contributed by atoms with van der Waals surface area (Å²) in [4.78, 5) is 1.33. The minimum atomic E-state index is 0.678. The van der Waals surface area contributed by atoms with Gasteiger partial charge in [0.15, 0.2) is 5.75 Å². The van der Waals surface area contributed by atoms with Gasteiger partial charge in [-0.3, -0.25) is 4.68 Å². The third-order valence-corrected chi connectivity index (χ3v) is 4.06. The molecule has 0 unspecified atom stereocenters. The molecular formula is C12H16BrN3OS. The van der Waals surface area contributed by atoms with Crippen LogP contribution in [0.2, 0.25) is 0 Å². The van der Waals surface area contributed by atoms with Gasteiger partial charge in [0.25, 0.3) is 0 Å². The maximum atomic E-state index is 5.36. The number of halogens is 1. The van der Waals surface area contributed by atoms with Crippen LogP contribution in [-0.2, 0) is 13.1 Å². The van der Waals surface area contributed by atoms with Crippen molar-refractivity contribution in [2.24, 2.45) is 0 Å². The molecule has 18 heavy (non-hydrogen) atoms. The smallest absolute Gasteiger partial charge is 0.157 e. The van der Waals surface area contributed by atoms with Gasteiger partial charge in [-0.2, -0.15) is 5.10 Å². The van der Waals surface area contributed by atoms with Gasteiger partial charge in [-0.25, -0.2) is 0 Å². The van der Waals surface area contributed by atoms with Crippen LogP contribution >= 0.6 is 27.3 Å². The van der Waals surface area contributed by atoms with E-state index in [-0.39, 0.29) is 0 Å². The normalized spacial score (nSPS) is 10.8. The van der Waals surface area contributed by atoms with Crippen LogP contribution in [0.3, 0.4) is 0 Å². The quantitative estimate of drug-likeness (QED) is 0.794. The molecule has 0 bridgehead atoms. The number of nitrogens with zero attached hydrogens (tertiary/aromatic N) is 2. The Morgan fingerprint density at radius 2 is 2.44 bits per heavy atom. The Balaban J connectivity index is 1.68. The zero-order valence-electron chi connectivity index (χ0n) is 10.2. The van der Waals surface area contributed by atoms with Gasteiger partial charge in [0.2, 0.25) is 0 Å². The molecule has 0 aliphatic carbocycles. The van der Waals surface area contributed by atoms with Gasteiger partial charge < -0.3 is 10.1 Å². The lowest BCUT2D eigenvalue weighted by Crippen LogP contribution is -2.19. The SMILES string of the molecule is CCOc1cnn(CCNCc2cc(Br)cs2)c1. The average molecular weight is 330 g/mol. The number of thiophene rings is 1. The number of ether oxygens (including phenoxy) is 1. The first kappa shape index (κ1) is 13.6. The first-order valence-electron chi connectivity index (χ1n) is 5.87. The first-order chi connectivity index (χ1) is 8.78. The molecule has 0 aromatic carbocycles. The van der Waals surface area contributed by atoms with Crippen molar-refractivity contribution in [2.45, 2.75) is 20.0 Å². The van der Waals surface area contributed by atoms with Gasteiger partial charge in [-0.15, -0.1) is 11.3 Å². The minimum absolute atomic E-state index is 0.678. The van der Waals surface area contributed by atoms with E-state index in [9.17, 15) is 0 Å². The van der Waals surface area contributed by atoms with Gasteiger partial charge in [0.05, 0.1) is 25.5 Å². The molecule has 0 saturated carbocycles. The molecule has 4 nitrogen and oxygen atoms in total. The molecule has 0 saturated heterocycles. The summed E-state index contributed by atoms with van der Waals surface area (Å²) < 4.78 is 8.40. The molecule has 0 aliphatic rings. The van der Waals surface area contributed by atoms with Crippen molar-refractivity contribution in [1.82, 2.24) is 15.1 Å². The molecule has 6 heteroatoms. The highest BCUT2D eigenvalue weighted by Crippen LogP contribution is 2.19. The lowest BCUT2D eigenvalue weighted by Gasteiger charge is -2.03. The van der Waals surface area contributed by atoms with Crippen molar-refractivity contribution >= 4 is 27.3 Å². The highest BCUT2D eigenvalue weighted by molar-refractivity contribution is 9.10. The highest BCUT2D eigenvalue weighted by Gasteiger charge is 1.99. The highest BCUT2D eigenvalue weighted by atomic mass is 79.9. The first-order valence-corrected chi connectivity index (χ1v) is 7.54. The molecule has 0 aliphatic heterocycles. The number of nitrogens with one attached hydrogen (secondary N) is 1. The molecule has 0 atom stereocenters. The van der Waals surface area contributed by atoms with Gasteiger partial charge >= 0.3 is 0 Å². The lowest BCUT2D eigenvalue weighted by molar-refractivity contribution is 0.339. The van der Waals surface area contributed by atoms with E-state index >= 15 is 0 Å². The summed E-state index contributed by atoms with van der Waals surface area (Å²) in [5.41, 5.74) is 0. The van der Waals surface area contributed by atoms with E-state index in [2.05, 4.69) is 37.8 Å². The zero-order chi connectivity index (χ0) is 12.8. The Hall–Kier alpha value is -0.850. The second-order valence-electron chi connectivity index (χ2n) is 3.78. The van der Waals surface area contributed by atoms with Crippen LogP contribution in [0.25, 0.3) is 0 Å². The summed E-state index contributed by atoms with van der Waals surface area (Å²) in [5.74, 6) is 0.833. The Labute approximate surface area is 119 Å².